The van der Waals surface area contributed by atoms with Gasteiger partial charge in [0.15, 0.2) is 0 Å². The maximum atomic E-state index is 12.6. The van der Waals surface area contributed by atoms with E-state index in [0.717, 1.165) is 42.4 Å². The second-order valence-electron chi connectivity index (χ2n) is 6.18. The zero-order chi connectivity index (χ0) is 16.9. The molecule has 0 unspecified atom stereocenters. The molecule has 5 heteroatoms. The Labute approximate surface area is 143 Å². The normalized spacial score (nSPS) is 14.5. The number of nitrogens with zero attached hydrogens (tertiary/aromatic N) is 3. The molecule has 3 rings (SSSR count). The first-order chi connectivity index (χ1) is 11.7. The Morgan fingerprint density at radius 3 is 2.67 bits per heavy atom. The van der Waals surface area contributed by atoms with Crippen LogP contribution in [0.5, 0.6) is 0 Å². The van der Waals surface area contributed by atoms with Crippen molar-refractivity contribution in [2.45, 2.75) is 39.5 Å². The number of para-hydroxylation sites is 1. The number of aryl methyl sites for hydroxylation is 2. The van der Waals surface area contributed by atoms with Crippen molar-refractivity contribution in [2.24, 2.45) is 0 Å². The van der Waals surface area contributed by atoms with E-state index in [0.29, 0.717) is 5.56 Å². The van der Waals surface area contributed by atoms with Crippen LogP contribution in [0.1, 0.15) is 47.8 Å². The van der Waals surface area contributed by atoms with Crippen molar-refractivity contribution in [3.8, 4) is 0 Å². The summed E-state index contributed by atoms with van der Waals surface area (Å²) in [4.78, 5) is 23.8. The SMILES string of the molecule is CCc1ccccc1NC(=O)c1cnc(N2CCCCC2)nc1C. The first-order valence-electron chi connectivity index (χ1n) is 8.67. The standard InChI is InChI=1S/C19H24N4O/c1-3-15-9-5-6-10-17(15)22-18(24)16-13-20-19(21-14(16)2)23-11-7-4-8-12-23/h5-6,9-10,13H,3-4,7-8,11-12H2,1-2H3,(H,22,24). The zero-order valence-electron chi connectivity index (χ0n) is 14.4. The number of hydrogen-bond donors (Lipinski definition) is 1. The van der Waals surface area contributed by atoms with Gasteiger partial charge in [0.25, 0.3) is 5.91 Å². The molecule has 1 aromatic heterocycles. The van der Waals surface area contributed by atoms with E-state index < -0.39 is 0 Å². The predicted molar refractivity (Wildman–Crippen MR) is 96.6 cm³/mol. The molecule has 1 N–H and O–H groups in total. The molecule has 1 aromatic carbocycles. The van der Waals surface area contributed by atoms with Crippen LogP contribution >= 0.6 is 0 Å². The molecule has 1 aliphatic heterocycles. The van der Waals surface area contributed by atoms with Crippen LogP contribution in [-0.2, 0) is 6.42 Å². The lowest BCUT2D eigenvalue weighted by atomic mass is 10.1. The van der Waals surface area contributed by atoms with Crippen LogP contribution in [0.15, 0.2) is 30.5 Å². The summed E-state index contributed by atoms with van der Waals surface area (Å²) in [5.41, 5.74) is 3.22. The monoisotopic (exact) mass is 324 g/mol. The molecule has 126 valence electrons. The van der Waals surface area contributed by atoms with Crippen LogP contribution in [0.4, 0.5) is 11.6 Å². The van der Waals surface area contributed by atoms with Crippen LogP contribution in [0, 0.1) is 6.92 Å². The summed E-state index contributed by atoms with van der Waals surface area (Å²) in [5.74, 6) is 0.580. The lowest BCUT2D eigenvalue weighted by Gasteiger charge is -2.26. The molecule has 2 aromatic rings. The van der Waals surface area contributed by atoms with E-state index in [9.17, 15) is 4.79 Å². The zero-order valence-corrected chi connectivity index (χ0v) is 14.4. The van der Waals surface area contributed by atoms with E-state index in [1.807, 2.05) is 31.2 Å². The number of carbonyl (C=O) groups excluding carboxylic acids is 1. The highest BCUT2D eigenvalue weighted by Gasteiger charge is 2.17. The first-order valence-corrected chi connectivity index (χ1v) is 8.67. The lowest BCUT2D eigenvalue weighted by Crippen LogP contribution is -2.31. The number of carbonyl (C=O) groups is 1. The number of aromatic nitrogens is 2. The average Bonchev–Trinajstić information content (AvgIpc) is 2.62. The summed E-state index contributed by atoms with van der Waals surface area (Å²) in [5, 5.41) is 2.99. The number of amides is 1. The largest absolute Gasteiger partial charge is 0.341 e. The maximum Gasteiger partial charge on any atom is 0.259 e. The summed E-state index contributed by atoms with van der Waals surface area (Å²) in [6.07, 6.45) is 6.15. The van der Waals surface area contributed by atoms with E-state index in [1.54, 1.807) is 6.20 Å². The van der Waals surface area contributed by atoms with Crippen LogP contribution in [-0.4, -0.2) is 29.0 Å². The molecule has 5 nitrogen and oxygen atoms in total. The molecule has 0 aliphatic carbocycles. The lowest BCUT2D eigenvalue weighted by molar-refractivity contribution is 0.102. The average molecular weight is 324 g/mol. The third-order valence-corrected chi connectivity index (χ3v) is 4.50. The van der Waals surface area contributed by atoms with Gasteiger partial charge in [-0.25, -0.2) is 9.97 Å². The summed E-state index contributed by atoms with van der Waals surface area (Å²) < 4.78 is 0. The molecule has 0 saturated carbocycles. The summed E-state index contributed by atoms with van der Waals surface area (Å²) in [6.45, 7) is 5.94. The minimum Gasteiger partial charge on any atom is -0.341 e. The Bertz CT molecular complexity index is 723. The quantitative estimate of drug-likeness (QED) is 0.934. The second kappa shape index (κ2) is 7.43. The van der Waals surface area contributed by atoms with Gasteiger partial charge < -0.3 is 10.2 Å². The Hall–Kier alpha value is -2.43. The molecule has 0 atom stereocenters. The number of hydrogen-bond acceptors (Lipinski definition) is 4. The van der Waals surface area contributed by atoms with Crippen molar-refractivity contribution in [3.63, 3.8) is 0 Å². The van der Waals surface area contributed by atoms with Gasteiger partial charge in [-0.15, -0.1) is 0 Å². The minimum atomic E-state index is -0.154. The fraction of sp³-hybridized carbons (Fsp3) is 0.421. The number of nitrogens with one attached hydrogen (secondary N) is 1. The minimum absolute atomic E-state index is 0.154. The number of rotatable bonds is 4. The van der Waals surface area contributed by atoms with Gasteiger partial charge in [0.1, 0.15) is 0 Å². The van der Waals surface area contributed by atoms with Gasteiger partial charge in [-0.1, -0.05) is 25.1 Å². The summed E-state index contributed by atoms with van der Waals surface area (Å²) in [6, 6.07) is 7.86. The molecular formula is C19H24N4O. The van der Waals surface area contributed by atoms with Crippen molar-refractivity contribution in [2.75, 3.05) is 23.3 Å². The van der Waals surface area contributed by atoms with Crippen LogP contribution in [0.3, 0.4) is 0 Å². The van der Waals surface area contributed by atoms with E-state index in [2.05, 4.69) is 27.1 Å². The van der Waals surface area contributed by atoms with Crippen molar-refractivity contribution in [3.05, 3.63) is 47.3 Å². The Morgan fingerprint density at radius 2 is 1.96 bits per heavy atom. The summed E-state index contributed by atoms with van der Waals surface area (Å²) >= 11 is 0. The highest BCUT2D eigenvalue weighted by Crippen LogP contribution is 2.19. The van der Waals surface area contributed by atoms with E-state index in [-0.39, 0.29) is 5.91 Å². The van der Waals surface area contributed by atoms with Crippen LogP contribution in [0.25, 0.3) is 0 Å². The summed E-state index contributed by atoms with van der Waals surface area (Å²) in [7, 11) is 0. The molecule has 2 heterocycles. The number of benzene rings is 1. The van der Waals surface area contributed by atoms with Gasteiger partial charge in [-0.05, 0) is 44.2 Å². The van der Waals surface area contributed by atoms with E-state index >= 15 is 0 Å². The van der Waals surface area contributed by atoms with E-state index in [4.69, 9.17) is 0 Å². The van der Waals surface area contributed by atoms with Gasteiger partial charge in [0.2, 0.25) is 5.95 Å². The van der Waals surface area contributed by atoms with Gasteiger partial charge in [0, 0.05) is 25.0 Å². The van der Waals surface area contributed by atoms with Crippen LogP contribution < -0.4 is 10.2 Å². The maximum absolute atomic E-state index is 12.6. The Morgan fingerprint density at radius 1 is 1.21 bits per heavy atom. The first kappa shape index (κ1) is 16.4. The molecule has 0 bridgehead atoms. The Balaban J connectivity index is 1.77. The molecule has 1 saturated heterocycles. The number of piperidine rings is 1. The van der Waals surface area contributed by atoms with Gasteiger partial charge in [-0.3, -0.25) is 4.79 Å². The van der Waals surface area contributed by atoms with Crippen molar-refractivity contribution >= 4 is 17.5 Å². The fourth-order valence-corrected chi connectivity index (χ4v) is 3.06. The van der Waals surface area contributed by atoms with Crippen LogP contribution in [0.2, 0.25) is 0 Å². The van der Waals surface area contributed by atoms with E-state index in [1.165, 1.54) is 19.3 Å². The molecule has 24 heavy (non-hydrogen) atoms. The van der Waals surface area contributed by atoms with Gasteiger partial charge in [-0.2, -0.15) is 0 Å². The molecule has 0 radical (unpaired) electrons. The highest BCUT2D eigenvalue weighted by molar-refractivity contribution is 6.05. The third kappa shape index (κ3) is 3.55. The number of anilines is 2. The molecule has 1 aliphatic rings. The Kier molecular flexibility index (Phi) is 5.08. The molecule has 0 spiro atoms. The van der Waals surface area contributed by atoms with Crippen molar-refractivity contribution < 1.29 is 4.79 Å². The third-order valence-electron chi connectivity index (χ3n) is 4.50. The van der Waals surface area contributed by atoms with Gasteiger partial charge in [0.05, 0.1) is 11.3 Å². The second-order valence-corrected chi connectivity index (χ2v) is 6.18. The van der Waals surface area contributed by atoms with Crippen molar-refractivity contribution in [1.82, 2.24) is 9.97 Å². The topological polar surface area (TPSA) is 58.1 Å². The molecular weight excluding hydrogens is 300 g/mol. The fourth-order valence-electron chi connectivity index (χ4n) is 3.06. The predicted octanol–water partition coefficient (Wildman–Crippen LogP) is 3.59. The van der Waals surface area contributed by atoms with Gasteiger partial charge >= 0.3 is 0 Å². The molecule has 1 amide bonds. The van der Waals surface area contributed by atoms with Crippen molar-refractivity contribution in [1.29, 1.82) is 0 Å². The molecule has 1 fully saturated rings. The highest BCUT2D eigenvalue weighted by atomic mass is 16.1. The smallest absolute Gasteiger partial charge is 0.259 e.